The molecule has 0 aromatic heterocycles. The molecule has 2 saturated carbocycles. The Kier molecular flexibility index (Phi) is 5.75. The Labute approximate surface area is 162 Å². The van der Waals surface area contributed by atoms with Gasteiger partial charge < -0.3 is 15.5 Å². The minimum Gasteiger partial charge on any atom is -0.357 e. The summed E-state index contributed by atoms with van der Waals surface area (Å²) in [7, 11) is 0. The van der Waals surface area contributed by atoms with Crippen molar-refractivity contribution in [2.75, 3.05) is 32.7 Å². The number of thioether (sulfide) groups is 1. The SMILES string of the molecule is CCNC(=NCC1(Sc2ccccc2)CC1)NCC1CCN(C2CC2)C1. The van der Waals surface area contributed by atoms with Crippen LogP contribution in [0, 0.1) is 5.92 Å². The average Bonchev–Trinajstić information content (AvgIpc) is 3.59. The topological polar surface area (TPSA) is 39.7 Å². The van der Waals surface area contributed by atoms with E-state index in [1.807, 2.05) is 11.8 Å². The van der Waals surface area contributed by atoms with Gasteiger partial charge in [-0.25, -0.2) is 0 Å². The highest BCUT2D eigenvalue weighted by Gasteiger charge is 2.43. The van der Waals surface area contributed by atoms with Crippen molar-refractivity contribution in [3.05, 3.63) is 30.3 Å². The molecule has 0 spiro atoms. The van der Waals surface area contributed by atoms with Gasteiger partial charge in [-0.1, -0.05) is 18.2 Å². The van der Waals surface area contributed by atoms with E-state index < -0.39 is 0 Å². The summed E-state index contributed by atoms with van der Waals surface area (Å²) in [5.41, 5.74) is 0. The van der Waals surface area contributed by atoms with E-state index in [2.05, 4.69) is 52.8 Å². The zero-order valence-corrected chi connectivity index (χ0v) is 16.7. The second-order valence-electron chi connectivity index (χ2n) is 8.06. The summed E-state index contributed by atoms with van der Waals surface area (Å²) in [5.74, 6) is 1.77. The first-order chi connectivity index (χ1) is 12.8. The Bertz CT molecular complexity index is 610. The Hall–Kier alpha value is -1.20. The third kappa shape index (κ3) is 4.95. The smallest absolute Gasteiger partial charge is 0.191 e. The van der Waals surface area contributed by atoms with Gasteiger partial charge in [0.1, 0.15) is 0 Å². The summed E-state index contributed by atoms with van der Waals surface area (Å²) >= 11 is 2.00. The van der Waals surface area contributed by atoms with Crippen molar-refractivity contribution in [1.82, 2.24) is 15.5 Å². The molecule has 2 aliphatic carbocycles. The average molecular weight is 373 g/mol. The third-order valence-electron chi connectivity index (χ3n) is 5.69. The summed E-state index contributed by atoms with van der Waals surface area (Å²) < 4.78 is 0.319. The summed E-state index contributed by atoms with van der Waals surface area (Å²) in [5, 5.41) is 7.04. The van der Waals surface area contributed by atoms with Crippen molar-refractivity contribution in [1.29, 1.82) is 0 Å². The van der Waals surface area contributed by atoms with Crippen molar-refractivity contribution in [2.45, 2.75) is 54.7 Å². The second kappa shape index (κ2) is 8.22. The predicted octanol–water partition coefficient (Wildman–Crippen LogP) is 3.35. The lowest BCUT2D eigenvalue weighted by Gasteiger charge is -2.18. The van der Waals surface area contributed by atoms with Crippen molar-refractivity contribution in [2.24, 2.45) is 10.9 Å². The van der Waals surface area contributed by atoms with Crippen LogP contribution in [0.15, 0.2) is 40.2 Å². The van der Waals surface area contributed by atoms with Crippen LogP contribution in [-0.4, -0.2) is 54.4 Å². The molecule has 3 fully saturated rings. The van der Waals surface area contributed by atoms with Gasteiger partial charge in [0.05, 0.1) is 6.54 Å². The Morgan fingerprint density at radius 1 is 1.19 bits per heavy atom. The van der Waals surface area contributed by atoms with E-state index in [1.165, 1.54) is 50.1 Å². The van der Waals surface area contributed by atoms with E-state index in [9.17, 15) is 0 Å². The number of hydrogen-bond donors (Lipinski definition) is 2. The van der Waals surface area contributed by atoms with Crippen molar-refractivity contribution < 1.29 is 0 Å². The Morgan fingerprint density at radius 3 is 2.69 bits per heavy atom. The maximum absolute atomic E-state index is 4.93. The molecule has 0 bridgehead atoms. The first kappa shape index (κ1) is 18.2. The van der Waals surface area contributed by atoms with Crippen LogP contribution < -0.4 is 10.6 Å². The fraction of sp³-hybridized carbons (Fsp3) is 0.667. The summed E-state index contributed by atoms with van der Waals surface area (Å²) in [4.78, 5) is 8.98. The van der Waals surface area contributed by atoms with Crippen LogP contribution in [0.5, 0.6) is 0 Å². The molecule has 26 heavy (non-hydrogen) atoms. The lowest BCUT2D eigenvalue weighted by molar-refractivity contribution is 0.314. The van der Waals surface area contributed by atoms with Gasteiger partial charge in [-0.2, -0.15) is 0 Å². The van der Waals surface area contributed by atoms with Crippen LogP contribution in [0.3, 0.4) is 0 Å². The van der Waals surface area contributed by atoms with Crippen LogP contribution in [0.25, 0.3) is 0 Å². The molecular weight excluding hydrogens is 340 g/mol. The zero-order valence-electron chi connectivity index (χ0n) is 15.9. The first-order valence-electron chi connectivity index (χ1n) is 10.3. The van der Waals surface area contributed by atoms with E-state index in [0.717, 1.165) is 37.6 Å². The lowest BCUT2D eigenvalue weighted by atomic mass is 10.1. The van der Waals surface area contributed by atoms with Gasteiger partial charge in [0.25, 0.3) is 0 Å². The number of nitrogens with zero attached hydrogens (tertiary/aromatic N) is 2. The number of nitrogens with one attached hydrogen (secondary N) is 2. The number of aliphatic imine (C=N–C) groups is 1. The van der Waals surface area contributed by atoms with E-state index in [-0.39, 0.29) is 0 Å². The van der Waals surface area contributed by atoms with Gasteiger partial charge in [-0.05, 0) is 63.6 Å². The maximum atomic E-state index is 4.93. The summed E-state index contributed by atoms with van der Waals surface area (Å²) in [6.07, 6.45) is 6.72. The minimum atomic E-state index is 0.319. The van der Waals surface area contributed by atoms with Crippen molar-refractivity contribution in [3.63, 3.8) is 0 Å². The first-order valence-corrected chi connectivity index (χ1v) is 11.1. The maximum Gasteiger partial charge on any atom is 0.191 e. The standard InChI is InChI=1S/C21H32N4S/c1-2-22-20(23-14-17-10-13-25(15-17)18-8-9-18)24-16-21(11-12-21)26-19-6-4-3-5-7-19/h3-7,17-18H,2,8-16H2,1H3,(H2,22,23,24). The summed E-state index contributed by atoms with van der Waals surface area (Å²) in [6.45, 7) is 7.58. The number of rotatable bonds is 8. The number of guanidine groups is 1. The van der Waals surface area contributed by atoms with Gasteiger partial charge >= 0.3 is 0 Å². The molecule has 1 heterocycles. The highest BCUT2D eigenvalue weighted by molar-refractivity contribution is 8.01. The fourth-order valence-electron chi connectivity index (χ4n) is 3.78. The largest absolute Gasteiger partial charge is 0.357 e. The van der Waals surface area contributed by atoms with E-state index in [1.54, 1.807) is 0 Å². The summed E-state index contributed by atoms with van der Waals surface area (Å²) in [6, 6.07) is 11.7. The fourth-order valence-corrected chi connectivity index (χ4v) is 5.01. The molecule has 1 aromatic carbocycles. The number of likely N-dealkylation sites (tertiary alicyclic amines) is 1. The Morgan fingerprint density at radius 2 is 2.00 bits per heavy atom. The van der Waals surface area contributed by atoms with Crippen LogP contribution in [0.2, 0.25) is 0 Å². The molecule has 2 N–H and O–H groups in total. The molecule has 1 unspecified atom stereocenters. The second-order valence-corrected chi connectivity index (χ2v) is 9.60. The van der Waals surface area contributed by atoms with Gasteiger partial charge in [0.2, 0.25) is 0 Å². The highest BCUT2D eigenvalue weighted by atomic mass is 32.2. The van der Waals surface area contributed by atoms with E-state index in [4.69, 9.17) is 4.99 Å². The minimum absolute atomic E-state index is 0.319. The van der Waals surface area contributed by atoms with Gasteiger partial charge in [-0.15, -0.1) is 11.8 Å². The van der Waals surface area contributed by atoms with Crippen LogP contribution in [0.1, 0.15) is 39.0 Å². The van der Waals surface area contributed by atoms with Gasteiger partial charge in [-0.3, -0.25) is 4.99 Å². The highest BCUT2D eigenvalue weighted by Crippen LogP contribution is 2.51. The molecule has 0 amide bonds. The van der Waals surface area contributed by atoms with E-state index >= 15 is 0 Å². The van der Waals surface area contributed by atoms with Crippen molar-refractivity contribution in [3.8, 4) is 0 Å². The Balaban J connectivity index is 1.27. The van der Waals surface area contributed by atoms with Gasteiger partial charge in [0.15, 0.2) is 5.96 Å². The molecular formula is C21H32N4S. The molecule has 4 nitrogen and oxygen atoms in total. The molecule has 5 heteroatoms. The van der Waals surface area contributed by atoms with Gasteiger partial charge in [0, 0.05) is 35.3 Å². The number of hydrogen-bond acceptors (Lipinski definition) is 3. The molecule has 1 aliphatic heterocycles. The van der Waals surface area contributed by atoms with Crippen molar-refractivity contribution >= 4 is 17.7 Å². The molecule has 1 saturated heterocycles. The zero-order chi connectivity index (χ0) is 17.8. The molecule has 142 valence electrons. The van der Waals surface area contributed by atoms with Crippen LogP contribution in [0.4, 0.5) is 0 Å². The normalized spacial score (nSPS) is 25.3. The molecule has 4 rings (SSSR count). The molecule has 1 aromatic rings. The third-order valence-corrected chi connectivity index (χ3v) is 7.17. The number of benzene rings is 1. The molecule has 0 radical (unpaired) electrons. The predicted molar refractivity (Wildman–Crippen MR) is 111 cm³/mol. The van der Waals surface area contributed by atoms with Crippen LogP contribution in [-0.2, 0) is 0 Å². The lowest BCUT2D eigenvalue weighted by Crippen LogP contribution is -2.40. The quantitative estimate of drug-likeness (QED) is 0.542. The van der Waals surface area contributed by atoms with Crippen LogP contribution >= 0.6 is 11.8 Å². The molecule has 1 atom stereocenters. The monoisotopic (exact) mass is 372 g/mol. The van der Waals surface area contributed by atoms with E-state index in [0.29, 0.717) is 4.75 Å². The molecule has 3 aliphatic rings.